The number of ether oxygens (including phenoxy) is 2. The third-order valence-electron chi connectivity index (χ3n) is 3.96. The van der Waals surface area contributed by atoms with Gasteiger partial charge in [-0.25, -0.2) is 0 Å². The molecule has 23 heavy (non-hydrogen) atoms. The fraction of sp³-hybridized carbons (Fsp3) is 0.143. The van der Waals surface area contributed by atoms with E-state index in [1.807, 2.05) is 24.3 Å². The summed E-state index contributed by atoms with van der Waals surface area (Å²) in [5.74, 6) is 1.70. The summed E-state index contributed by atoms with van der Waals surface area (Å²) in [5.41, 5.74) is 5.55. The third kappa shape index (κ3) is 3.07. The molecule has 0 saturated heterocycles. The van der Waals surface area contributed by atoms with Gasteiger partial charge in [0.25, 0.3) is 0 Å². The summed E-state index contributed by atoms with van der Waals surface area (Å²) in [6, 6.07) is 22.8. The lowest BCUT2D eigenvalue weighted by molar-refractivity contribution is 0.410. The number of aryl methyl sites for hydroxylation is 1. The van der Waals surface area contributed by atoms with E-state index in [9.17, 15) is 0 Å². The fourth-order valence-corrected chi connectivity index (χ4v) is 2.74. The Kier molecular flexibility index (Phi) is 4.33. The Morgan fingerprint density at radius 2 is 1.22 bits per heavy atom. The molecular formula is C21H20O2. The second kappa shape index (κ2) is 6.57. The maximum Gasteiger partial charge on any atom is 0.127 e. The summed E-state index contributed by atoms with van der Waals surface area (Å²) in [6.07, 6.45) is 0. The van der Waals surface area contributed by atoms with Crippen LogP contribution >= 0.6 is 0 Å². The van der Waals surface area contributed by atoms with Crippen LogP contribution in [0, 0.1) is 6.92 Å². The van der Waals surface area contributed by atoms with E-state index in [0.717, 1.165) is 28.2 Å². The Morgan fingerprint density at radius 3 is 1.87 bits per heavy atom. The van der Waals surface area contributed by atoms with E-state index >= 15 is 0 Å². The first-order chi connectivity index (χ1) is 11.2. The average Bonchev–Trinajstić information content (AvgIpc) is 2.62. The molecule has 3 aromatic rings. The number of rotatable bonds is 4. The van der Waals surface area contributed by atoms with E-state index in [1.54, 1.807) is 14.2 Å². The molecule has 0 radical (unpaired) electrons. The smallest absolute Gasteiger partial charge is 0.127 e. The van der Waals surface area contributed by atoms with E-state index in [1.165, 1.54) is 11.1 Å². The van der Waals surface area contributed by atoms with E-state index < -0.39 is 0 Å². The maximum atomic E-state index is 5.64. The molecule has 0 fully saturated rings. The second-order valence-corrected chi connectivity index (χ2v) is 5.48. The van der Waals surface area contributed by atoms with Crippen molar-refractivity contribution in [1.29, 1.82) is 0 Å². The molecule has 2 heteroatoms. The van der Waals surface area contributed by atoms with Crippen LogP contribution in [0.2, 0.25) is 0 Å². The van der Waals surface area contributed by atoms with Gasteiger partial charge in [-0.05, 0) is 41.8 Å². The Hall–Kier alpha value is -2.74. The van der Waals surface area contributed by atoms with Gasteiger partial charge in [0.05, 0.1) is 14.2 Å². The molecule has 0 saturated carbocycles. The van der Waals surface area contributed by atoms with Crippen LogP contribution in [0.4, 0.5) is 0 Å². The largest absolute Gasteiger partial charge is 0.496 e. The first-order valence-corrected chi connectivity index (χ1v) is 7.61. The molecule has 0 amide bonds. The topological polar surface area (TPSA) is 18.5 Å². The van der Waals surface area contributed by atoms with Gasteiger partial charge < -0.3 is 9.47 Å². The van der Waals surface area contributed by atoms with Crippen LogP contribution in [0.3, 0.4) is 0 Å². The number of hydrogen-bond donors (Lipinski definition) is 0. The monoisotopic (exact) mass is 304 g/mol. The standard InChI is InChI=1S/C21H20O2/c1-15-9-11-18(20(13-15)22-2)19-12-10-17(14-21(19)23-3)16-7-5-4-6-8-16/h4-14H,1-3H3. The Labute approximate surface area is 137 Å². The van der Waals surface area contributed by atoms with Gasteiger partial charge in [-0.15, -0.1) is 0 Å². The molecule has 0 bridgehead atoms. The van der Waals surface area contributed by atoms with Crippen molar-refractivity contribution in [1.82, 2.24) is 0 Å². The zero-order chi connectivity index (χ0) is 16.2. The minimum absolute atomic E-state index is 0.841. The zero-order valence-corrected chi connectivity index (χ0v) is 13.7. The molecule has 2 nitrogen and oxygen atoms in total. The molecule has 0 heterocycles. The molecule has 0 atom stereocenters. The minimum Gasteiger partial charge on any atom is -0.496 e. The van der Waals surface area contributed by atoms with Gasteiger partial charge >= 0.3 is 0 Å². The SMILES string of the molecule is COc1cc(C)ccc1-c1ccc(-c2ccccc2)cc1OC. The van der Waals surface area contributed by atoms with Crippen LogP contribution in [0.1, 0.15) is 5.56 Å². The predicted octanol–water partition coefficient (Wildman–Crippen LogP) is 5.35. The molecule has 116 valence electrons. The van der Waals surface area contributed by atoms with Crippen LogP contribution < -0.4 is 9.47 Å². The Morgan fingerprint density at radius 1 is 0.609 bits per heavy atom. The summed E-state index contributed by atoms with van der Waals surface area (Å²) in [7, 11) is 3.40. The van der Waals surface area contributed by atoms with Crippen LogP contribution in [-0.4, -0.2) is 14.2 Å². The van der Waals surface area contributed by atoms with E-state index in [-0.39, 0.29) is 0 Å². The van der Waals surface area contributed by atoms with E-state index in [4.69, 9.17) is 9.47 Å². The predicted molar refractivity (Wildman–Crippen MR) is 95.2 cm³/mol. The lowest BCUT2D eigenvalue weighted by Gasteiger charge is -2.14. The van der Waals surface area contributed by atoms with Crippen molar-refractivity contribution in [2.75, 3.05) is 14.2 Å². The molecular weight excluding hydrogens is 284 g/mol. The van der Waals surface area contributed by atoms with Crippen LogP contribution in [-0.2, 0) is 0 Å². The van der Waals surface area contributed by atoms with E-state index in [0.29, 0.717) is 0 Å². The highest BCUT2D eigenvalue weighted by Crippen LogP contribution is 2.39. The van der Waals surface area contributed by atoms with Gasteiger partial charge in [0.15, 0.2) is 0 Å². The van der Waals surface area contributed by atoms with Gasteiger partial charge in [0.1, 0.15) is 11.5 Å². The number of hydrogen-bond acceptors (Lipinski definition) is 2. The van der Waals surface area contributed by atoms with Crippen molar-refractivity contribution in [3.8, 4) is 33.8 Å². The zero-order valence-electron chi connectivity index (χ0n) is 13.7. The lowest BCUT2D eigenvalue weighted by atomic mass is 9.98. The second-order valence-electron chi connectivity index (χ2n) is 5.48. The van der Waals surface area contributed by atoms with Gasteiger partial charge in [0.2, 0.25) is 0 Å². The summed E-state index contributed by atoms with van der Waals surface area (Å²) < 4.78 is 11.2. The fourth-order valence-electron chi connectivity index (χ4n) is 2.74. The first-order valence-electron chi connectivity index (χ1n) is 7.61. The third-order valence-corrected chi connectivity index (χ3v) is 3.96. The van der Waals surface area contributed by atoms with Crippen molar-refractivity contribution >= 4 is 0 Å². The highest BCUT2D eigenvalue weighted by Gasteiger charge is 2.12. The maximum absolute atomic E-state index is 5.64. The quantitative estimate of drug-likeness (QED) is 0.647. The average molecular weight is 304 g/mol. The van der Waals surface area contributed by atoms with Gasteiger partial charge in [-0.1, -0.05) is 48.5 Å². The Balaban J connectivity index is 2.11. The van der Waals surface area contributed by atoms with Crippen molar-refractivity contribution in [3.63, 3.8) is 0 Å². The van der Waals surface area contributed by atoms with Crippen molar-refractivity contribution in [2.24, 2.45) is 0 Å². The van der Waals surface area contributed by atoms with Crippen molar-refractivity contribution in [2.45, 2.75) is 6.92 Å². The molecule has 0 spiro atoms. The lowest BCUT2D eigenvalue weighted by Crippen LogP contribution is -1.93. The molecule has 0 N–H and O–H groups in total. The van der Waals surface area contributed by atoms with Gasteiger partial charge in [-0.3, -0.25) is 0 Å². The van der Waals surface area contributed by atoms with Gasteiger partial charge in [-0.2, -0.15) is 0 Å². The van der Waals surface area contributed by atoms with Crippen LogP contribution in [0.5, 0.6) is 11.5 Å². The number of benzene rings is 3. The summed E-state index contributed by atoms with van der Waals surface area (Å²) in [5, 5.41) is 0. The van der Waals surface area contributed by atoms with Crippen molar-refractivity contribution in [3.05, 3.63) is 72.3 Å². The van der Waals surface area contributed by atoms with E-state index in [2.05, 4.69) is 49.4 Å². The molecule has 0 unspecified atom stereocenters. The molecule has 0 aliphatic carbocycles. The number of methoxy groups -OCH3 is 2. The molecule has 0 aromatic heterocycles. The van der Waals surface area contributed by atoms with Crippen LogP contribution in [0.15, 0.2) is 66.7 Å². The highest BCUT2D eigenvalue weighted by molar-refractivity contribution is 5.80. The normalized spacial score (nSPS) is 10.4. The highest BCUT2D eigenvalue weighted by atomic mass is 16.5. The van der Waals surface area contributed by atoms with Crippen molar-refractivity contribution < 1.29 is 9.47 Å². The summed E-state index contributed by atoms with van der Waals surface area (Å²) in [6.45, 7) is 2.06. The van der Waals surface area contributed by atoms with Crippen LogP contribution in [0.25, 0.3) is 22.3 Å². The molecule has 0 aliphatic heterocycles. The minimum atomic E-state index is 0.841. The summed E-state index contributed by atoms with van der Waals surface area (Å²) in [4.78, 5) is 0. The molecule has 0 aliphatic rings. The molecule has 3 rings (SSSR count). The van der Waals surface area contributed by atoms with Gasteiger partial charge in [0, 0.05) is 11.1 Å². The first kappa shape index (κ1) is 15.2. The summed E-state index contributed by atoms with van der Waals surface area (Å²) >= 11 is 0. The molecule has 3 aromatic carbocycles. The Bertz CT molecular complexity index is 807.